The fourth-order valence-corrected chi connectivity index (χ4v) is 3.48. The number of hydrogen-bond donors (Lipinski definition) is 1. The highest BCUT2D eigenvalue weighted by molar-refractivity contribution is 5.99. The van der Waals surface area contributed by atoms with E-state index in [4.69, 9.17) is 0 Å². The number of carbonyl (C=O) groups excluding carboxylic acids is 1. The number of rotatable bonds is 5. The lowest BCUT2D eigenvalue weighted by Gasteiger charge is -2.18. The van der Waals surface area contributed by atoms with E-state index in [1.54, 1.807) is 29.4 Å². The summed E-state index contributed by atoms with van der Waals surface area (Å²) in [6.45, 7) is 6.96. The Balaban J connectivity index is 1.58. The van der Waals surface area contributed by atoms with Crippen LogP contribution in [0.4, 0.5) is 10.2 Å². The van der Waals surface area contributed by atoms with Crippen molar-refractivity contribution in [2.24, 2.45) is 0 Å². The van der Waals surface area contributed by atoms with E-state index in [2.05, 4.69) is 15.4 Å². The van der Waals surface area contributed by atoms with Crippen molar-refractivity contribution in [1.29, 1.82) is 0 Å². The first-order chi connectivity index (χ1) is 13.5. The van der Waals surface area contributed by atoms with Crippen LogP contribution < -0.4 is 5.32 Å². The molecule has 0 bridgehead atoms. The van der Waals surface area contributed by atoms with Crippen LogP contribution in [0.25, 0.3) is 5.69 Å². The normalized spacial score (nSPS) is 14.3. The predicted octanol–water partition coefficient (Wildman–Crippen LogP) is 3.86. The molecule has 0 radical (unpaired) electrons. The molecule has 4 rings (SSSR count). The summed E-state index contributed by atoms with van der Waals surface area (Å²) in [5.74, 6) is 0.356. The second-order valence-corrected chi connectivity index (χ2v) is 6.98. The molecule has 1 amide bonds. The topological polar surface area (TPSA) is 63.1 Å². The Bertz CT molecular complexity index is 1050. The number of fused-ring (bicyclic) bond motifs is 1. The Hall–Kier alpha value is -3.22. The maximum Gasteiger partial charge on any atom is 0.254 e. The van der Waals surface area contributed by atoms with E-state index < -0.39 is 0 Å². The minimum absolute atomic E-state index is 0.0283. The molecule has 2 aromatic heterocycles. The summed E-state index contributed by atoms with van der Waals surface area (Å²) in [5.41, 5.74) is 3.61. The Kier molecular flexibility index (Phi) is 4.58. The Morgan fingerprint density at radius 2 is 2.11 bits per heavy atom. The minimum Gasteiger partial charge on any atom is -0.363 e. The van der Waals surface area contributed by atoms with Gasteiger partial charge in [-0.1, -0.05) is 6.07 Å². The van der Waals surface area contributed by atoms with Crippen LogP contribution in [0, 0.1) is 12.7 Å². The van der Waals surface area contributed by atoms with Gasteiger partial charge in [-0.2, -0.15) is 5.10 Å². The van der Waals surface area contributed by atoms with Crippen LogP contribution in [0.1, 0.15) is 47.1 Å². The fourth-order valence-electron chi connectivity index (χ4n) is 3.48. The second kappa shape index (κ2) is 7.07. The molecule has 1 aliphatic heterocycles. The van der Waals surface area contributed by atoms with Gasteiger partial charge in [-0.05, 0) is 50.6 Å². The van der Waals surface area contributed by atoms with Crippen LogP contribution in [-0.2, 0) is 6.54 Å². The molecule has 28 heavy (non-hydrogen) atoms. The number of nitrogens with one attached hydrogen (secondary N) is 1. The average molecular weight is 379 g/mol. The standard InChI is InChI=1S/C21H22FN5O/c1-4-26-12-17-16(21(26)28)7-9-23-20(17)24-14(3)15-5-6-19(18(22)11-15)27-10-8-13(2)25-27/h5-11,14H,4,12H2,1-3H3,(H,23,24)/t14-/m0/s1. The van der Waals surface area contributed by atoms with E-state index in [0.717, 1.165) is 16.8 Å². The monoisotopic (exact) mass is 379 g/mol. The second-order valence-electron chi connectivity index (χ2n) is 6.98. The van der Waals surface area contributed by atoms with Gasteiger partial charge in [0.2, 0.25) is 0 Å². The molecule has 0 spiro atoms. The van der Waals surface area contributed by atoms with Crippen LogP contribution in [0.5, 0.6) is 0 Å². The summed E-state index contributed by atoms with van der Waals surface area (Å²) in [6.07, 6.45) is 3.37. The van der Waals surface area contributed by atoms with Crippen molar-refractivity contribution in [3.05, 3.63) is 70.9 Å². The quantitative estimate of drug-likeness (QED) is 0.731. The van der Waals surface area contributed by atoms with Gasteiger partial charge in [0.25, 0.3) is 5.91 Å². The molecule has 0 unspecified atom stereocenters. The highest BCUT2D eigenvalue weighted by Gasteiger charge is 2.29. The van der Waals surface area contributed by atoms with Crippen molar-refractivity contribution in [3.63, 3.8) is 0 Å². The molecule has 1 aliphatic rings. The number of aryl methyl sites for hydroxylation is 1. The number of carbonyl (C=O) groups is 1. The van der Waals surface area contributed by atoms with Crippen molar-refractivity contribution in [2.45, 2.75) is 33.4 Å². The Morgan fingerprint density at radius 1 is 1.29 bits per heavy atom. The lowest BCUT2D eigenvalue weighted by molar-refractivity contribution is 0.0787. The third kappa shape index (κ3) is 3.13. The highest BCUT2D eigenvalue weighted by Crippen LogP contribution is 2.30. The number of anilines is 1. The molecule has 3 heterocycles. The van der Waals surface area contributed by atoms with Crippen LogP contribution in [-0.4, -0.2) is 32.1 Å². The van der Waals surface area contributed by atoms with E-state index in [9.17, 15) is 9.18 Å². The molecule has 0 saturated carbocycles. The maximum absolute atomic E-state index is 14.7. The highest BCUT2D eigenvalue weighted by atomic mass is 19.1. The molecule has 0 aliphatic carbocycles. The molecular weight excluding hydrogens is 357 g/mol. The summed E-state index contributed by atoms with van der Waals surface area (Å²) < 4.78 is 16.2. The molecule has 3 aromatic rings. The zero-order chi connectivity index (χ0) is 19.8. The minimum atomic E-state index is -0.340. The summed E-state index contributed by atoms with van der Waals surface area (Å²) in [6, 6.07) is 8.52. The average Bonchev–Trinajstić information content (AvgIpc) is 3.25. The van der Waals surface area contributed by atoms with Gasteiger partial charge in [0.1, 0.15) is 17.3 Å². The first-order valence-corrected chi connectivity index (χ1v) is 9.33. The predicted molar refractivity (Wildman–Crippen MR) is 105 cm³/mol. The van der Waals surface area contributed by atoms with E-state index in [-0.39, 0.29) is 17.8 Å². The molecule has 7 heteroatoms. The number of nitrogens with zero attached hydrogens (tertiary/aromatic N) is 4. The summed E-state index contributed by atoms with van der Waals surface area (Å²) in [4.78, 5) is 18.6. The first-order valence-electron chi connectivity index (χ1n) is 9.33. The molecule has 144 valence electrons. The Labute approximate surface area is 163 Å². The van der Waals surface area contributed by atoms with Gasteiger partial charge in [-0.3, -0.25) is 4.79 Å². The number of benzene rings is 1. The fraction of sp³-hybridized carbons (Fsp3) is 0.286. The van der Waals surface area contributed by atoms with Gasteiger partial charge in [0, 0.05) is 30.1 Å². The van der Waals surface area contributed by atoms with Crippen molar-refractivity contribution in [3.8, 4) is 5.69 Å². The van der Waals surface area contributed by atoms with Gasteiger partial charge in [0.05, 0.1) is 18.3 Å². The van der Waals surface area contributed by atoms with Crippen molar-refractivity contribution in [2.75, 3.05) is 11.9 Å². The van der Waals surface area contributed by atoms with Gasteiger partial charge < -0.3 is 10.2 Å². The SMILES string of the molecule is CCN1Cc2c(ccnc2N[C@@H](C)c2ccc(-n3ccc(C)n3)c(F)c2)C1=O. The lowest BCUT2D eigenvalue weighted by Crippen LogP contribution is -2.22. The molecule has 6 nitrogen and oxygen atoms in total. The van der Waals surface area contributed by atoms with Gasteiger partial charge in [0.15, 0.2) is 0 Å². The Morgan fingerprint density at radius 3 is 2.79 bits per heavy atom. The number of hydrogen-bond acceptors (Lipinski definition) is 4. The van der Waals surface area contributed by atoms with E-state index in [1.807, 2.05) is 32.9 Å². The molecule has 0 fully saturated rings. The number of aromatic nitrogens is 3. The van der Waals surface area contributed by atoms with Crippen molar-refractivity contribution >= 4 is 11.7 Å². The molecule has 1 N–H and O–H groups in total. The van der Waals surface area contributed by atoms with Crippen LogP contribution >= 0.6 is 0 Å². The van der Waals surface area contributed by atoms with Crippen LogP contribution in [0.3, 0.4) is 0 Å². The maximum atomic E-state index is 14.7. The summed E-state index contributed by atoms with van der Waals surface area (Å²) in [7, 11) is 0. The van der Waals surface area contributed by atoms with Crippen molar-refractivity contribution in [1.82, 2.24) is 19.7 Å². The van der Waals surface area contributed by atoms with Crippen molar-refractivity contribution < 1.29 is 9.18 Å². The summed E-state index contributed by atoms with van der Waals surface area (Å²) >= 11 is 0. The molecule has 1 atom stereocenters. The number of halogens is 1. The van der Waals surface area contributed by atoms with Gasteiger partial charge >= 0.3 is 0 Å². The van der Waals surface area contributed by atoms with Crippen LogP contribution in [0.15, 0.2) is 42.7 Å². The van der Waals surface area contributed by atoms with Gasteiger partial charge in [-0.15, -0.1) is 0 Å². The summed E-state index contributed by atoms with van der Waals surface area (Å²) in [5, 5.41) is 7.60. The third-order valence-electron chi connectivity index (χ3n) is 5.10. The molecule has 1 aromatic carbocycles. The van der Waals surface area contributed by atoms with E-state index in [0.29, 0.717) is 30.2 Å². The number of pyridine rings is 1. The van der Waals surface area contributed by atoms with Crippen LogP contribution in [0.2, 0.25) is 0 Å². The molecular formula is C21H22FN5O. The first kappa shape index (κ1) is 18.2. The largest absolute Gasteiger partial charge is 0.363 e. The number of amides is 1. The third-order valence-corrected chi connectivity index (χ3v) is 5.10. The lowest BCUT2D eigenvalue weighted by atomic mass is 10.1. The van der Waals surface area contributed by atoms with E-state index in [1.165, 1.54) is 10.7 Å². The zero-order valence-electron chi connectivity index (χ0n) is 16.1. The molecule has 0 saturated heterocycles. The van der Waals surface area contributed by atoms with E-state index >= 15 is 0 Å². The smallest absolute Gasteiger partial charge is 0.254 e. The zero-order valence-corrected chi connectivity index (χ0v) is 16.1. The van der Waals surface area contributed by atoms with Gasteiger partial charge in [-0.25, -0.2) is 14.1 Å².